The van der Waals surface area contributed by atoms with Crippen molar-refractivity contribution in [2.24, 2.45) is 0 Å². The molecule has 2 aliphatic rings. The molecule has 0 bridgehead atoms. The van der Waals surface area contributed by atoms with Crippen molar-refractivity contribution in [1.82, 2.24) is 0 Å². The van der Waals surface area contributed by atoms with Crippen LogP contribution in [0.15, 0.2) is 78.4 Å². The molecule has 0 aromatic heterocycles. The molecule has 0 atom stereocenters. The Hall–Kier alpha value is -2.60. The molecule has 0 N–H and O–H groups in total. The summed E-state index contributed by atoms with van der Waals surface area (Å²) in [5.74, 6) is 0.544. The van der Waals surface area contributed by atoms with Crippen molar-refractivity contribution >= 4 is 6.08 Å². The van der Waals surface area contributed by atoms with Crippen LogP contribution in [-0.4, -0.2) is 0 Å². The molecular formula is C24H20. The van der Waals surface area contributed by atoms with Gasteiger partial charge in [0.15, 0.2) is 0 Å². The molecule has 0 aliphatic heterocycles. The monoisotopic (exact) mass is 308 g/mol. The minimum Gasteiger partial charge on any atom is -0.0652 e. The molecule has 0 saturated carbocycles. The zero-order chi connectivity index (χ0) is 15.9. The number of fused-ring (bicyclic) bond motifs is 4. The fourth-order valence-corrected chi connectivity index (χ4v) is 4.41. The first-order chi connectivity index (χ1) is 11.9. The van der Waals surface area contributed by atoms with Gasteiger partial charge in [-0.1, -0.05) is 84.4 Å². The second kappa shape index (κ2) is 5.49. The quantitative estimate of drug-likeness (QED) is 0.539. The lowest BCUT2D eigenvalue weighted by Crippen LogP contribution is -1.98. The summed E-state index contributed by atoms with van der Waals surface area (Å²) in [5.41, 5.74) is 10.4. The third-order valence-electron chi connectivity index (χ3n) is 5.55. The summed E-state index contributed by atoms with van der Waals surface area (Å²) in [7, 11) is 0. The molecule has 0 heterocycles. The number of benzene rings is 3. The summed E-state index contributed by atoms with van der Waals surface area (Å²) < 4.78 is 0. The first-order valence-corrected chi connectivity index (χ1v) is 8.86. The maximum absolute atomic E-state index is 2.40. The third-order valence-corrected chi connectivity index (χ3v) is 5.55. The van der Waals surface area contributed by atoms with Gasteiger partial charge in [-0.25, -0.2) is 0 Å². The summed E-state index contributed by atoms with van der Waals surface area (Å²) in [6.45, 7) is 0. The van der Waals surface area contributed by atoms with Crippen molar-refractivity contribution < 1.29 is 0 Å². The van der Waals surface area contributed by atoms with E-state index in [1.165, 1.54) is 46.2 Å². The van der Waals surface area contributed by atoms with Crippen LogP contribution < -0.4 is 0 Å². The van der Waals surface area contributed by atoms with Gasteiger partial charge in [0.05, 0.1) is 0 Å². The highest BCUT2D eigenvalue weighted by atomic mass is 14.3. The summed E-state index contributed by atoms with van der Waals surface area (Å²) >= 11 is 0. The van der Waals surface area contributed by atoms with Gasteiger partial charge in [-0.2, -0.15) is 0 Å². The van der Waals surface area contributed by atoms with Crippen LogP contribution in [0.1, 0.15) is 41.0 Å². The lowest BCUT2D eigenvalue weighted by Gasteiger charge is -2.14. The maximum Gasteiger partial charge on any atom is 0.0105 e. The van der Waals surface area contributed by atoms with Crippen LogP contribution in [0.25, 0.3) is 17.2 Å². The first-order valence-electron chi connectivity index (χ1n) is 8.86. The molecule has 0 nitrogen and oxygen atoms in total. The fraction of sp³-hybridized carbons (Fsp3) is 0.167. The highest BCUT2D eigenvalue weighted by Gasteiger charge is 2.28. The van der Waals surface area contributed by atoms with E-state index >= 15 is 0 Å². The number of allylic oxidation sites excluding steroid dienone is 1. The van der Waals surface area contributed by atoms with Crippen molar-refractivity contribution in [2.75, 3.05) is 0 Å². The molecule has 24 heavy (non-hydrogen) atoms. The smallest absolute Gasteiger partial charge is 0.0105 e. The van der Waals surface area contributed by atoms with Crippen LogP contribution >= 0.6 is 0 Å². The molecule has 5 rings (SSSR count). The van der Waals surface area contributed by atoms with Crippen molar-refractivity contribution in [1.29, 1.82) is 0 Å². The average Bonchev–Trinajstić information content (AvgIpc) is 3.19. The predicted molar refractivity (Wildman–Crippen MR) is 101 cm³/mol. The minimum atomic E-state index is 0.544. The van der Waals surface area contributed by atoms with Gasteiger partial charge in [-0.15, -0.1) is 0 Å². The van der Waals surface area contributed by atoms with Gasteiger partial charge in [0.2, 0.25) is 0 Å². The van der Waals surface area contributed by atoms with E-state index in [2.05, 4.69) is 78.9 Å². The molecule has 3 aromatic carbocycles. The Balaban J connectivity index is 1.42. The molecule has 3 aromatic rings. The third kappa shape index (κ3) is 2.14. The van der Waals surface area contributed by atoms with E-state index in [9.17, 15) is 0 Å². The topological polar surface area (TPSA) is 0 Å². The number of hydrogen-bond donors (Lipinski definition) is 0. The SMILES string of the molecule is C1=C(CCC2c3ccccc3-c3ccccc32)Cc2ccccc21. The second-order valence-electron chi connectivity index (χ2n) is 6.94. The normalized spacial score (nSPS) is 14.9. The van der Waals surface area contributed by atoms with Crippen molar-refractivity contribution in [3.8, 4) is 11.1 Å². The van der Waals surface area contributed by atoms with E-state index < -0.39 is 0 Å². The summed E-state index contributed by atoms with van der Waals surface area (Å²) in [6, 6.07) is 26.7. The van der Waals surface area contributed by atoms with Crippen LogP contribution in [0.3, 0.4) is 0 Å². The first kappa shape index (κ1) is 13.8. The van der Waals surface area contributed by atoms with E-state index in [-0.39, 0.29) is 0 Å². The highest BCUT2D eigenvalue weighted by Crippen LogP contribution is 2.47. The Kier molecular flexibility index (Phi) is 3.16. The lowest BCUT2D eigenvalue weighted by molar-refractivity contribution is 0.719. The van der Waals surface area contributed by atoms with Gasteiger partial charge < -0.3 is 0 Å². The second-order valence-corrected chi connectivity index (χ2v) is 6.94. The summed E-state index contributed by atoms with van der Waals surface area (Å²) in [5, 5.41) is 0. The van der Waals surface area contributed by atoms with Gasteiger partial charge in [0.25, 0.3) is 0 Å². The minimum absolute atomic E-state index is 0.544. The Morgan fingerprint density at radius 1 is 0.708 bits per heavy atom. The molecule has 0 radical (unpaired) electrons. The van der Waals surface area contributed by atoms with E-state index in [0.29, 0.717) is 5.92 Å². The summed E-state index contributed by atoms with van der Waals surface area (Å²) in [6.07, 6.45) is 5.92. The Bertz CT molecular complexity index is 900. The largest absolute Gasteiger partial charge is 0.0652 e. The molecule has 0 heteroatoms. The van der Waals surface area contributed by atoms with E-state index in [4.69, 9.17) is 0 Å². The van der Waals surface area contributed by atoms with Gasteiger partial charge in [-0.05, 0) is 52.6 Å². The van der Waals surface area contributed by atoms with Crippen molar-refractivity contribution in [3.05, 3.63) is 101 Å². The molecule has 0 unspecified atom stereocenters. The van der Waals surface area contributed by atoms with E-state index in [1.54, 1.807) is 5.57 Å². The Morgan fingerprint density at radius 2 is 1.33 bits per heavy atom. The molecule has 0 amide bonds. The molecule has 0 fully saturated rings. The number of hydrogen-bond acceptors (Lipinski definition) is 0. The molecular weight excluding hydrogens is 288 g/mol. The maximum atomic E-state index is 2.40. The molecule has 0 saturated heterocycles. The van der Waals surface area contributed by atoms with Gasteiger partial charge >= 0.3 is 0 Å². The van der Waals surface area contributed by atoms with Crippen LogP contribution in [0.5, 0.6) is 0 Å². The zero-order valence-corrected chi connectivity index (χ0v) is 13.7. The van der Waals surface area contributed by atoms with E-state index in [1.807, 2.05) is 0 Å². The van der Waals surface area contributed by atoms with Gasteiger partial charge in [0, 0.05) is 5.92 Å². The van der Waals surface area contributed by atoms with E-state index in [0.717, 1.165) is 6.42 Å². The predicted octanol–water partition coefficient (Wildman–Crippen LogP) is 6.22. The molecule has 2 aliphatic carbocycles. The van der Waals surface area contributed by atoms with Gasteiger partial charge in [0.1, 0.15) is 0 Å². The number of rotatable bonds is 3. The van der Waals surface area contributed by atoms with Gasteiger partial charge in [-0.3, -0.25) is 0 Å². The zero-order valence-electron chi connectivity index (χ0n) is 13.7. The van der Waals surface area contributed by atoms with Crippen LogP contribution in [0.4, 0.5) is 0 Å². The Morgan fingerprint density at radius 3 is 2.04 bits per heavy atom. The Labute approximate surface area is 143 Å². The standard InChI is InChI=1S/C24H20/c1-2-8-19-16-17(15-18(19)7-1)13-14-24-22-11-5-3-9-20(22)21-10-4-6-12-23(21)24/h1-12,15,24H,13-14,16H2. The fourth-order valence-electron chi connectivity index (χ4n) is 4.41. The van der Waals surface area contributed by atoms with Crippen molar-refractivity contribution in [3.63, 3.8) is 0 Å². The average molecular weight is 308 g/mol. The van der Waals surface area contributed by atoms with Crippen molar-refractivity contribution in [2.45, 2.75) is 25.2 Å². The highest BCUT2D eigenvalue weighted by molar-refractivity contribution is 5.78. The van der Waals surface area contributed by atoms with Crippen LogP contribution in [0, 0.1) is 0 Å². The van der Waals surface area contributed by atoms with Crippen LogP contribution in [0.2, 0.25) is 0 Å². The molecule has 0 spiro atoms. The summed E-state index contributed by atoms with van der Waals surface area (Å²) in [4.78, 5) is 0. The van der Waals surface area contributed by atoms with Crippen LogP contribution in [-0.2, 0) is 6.42 Å². The lowest BCUT2D eigenvalue weighted by atomic mass is 9.90. The molecule has 116 valence electrons.